The molecule has 0 aromatic carbocycles. The summed E-state index contributed by atoms with van der Waals surface area (Å²) < 4.78 is 4.46. The van der Waals surface area contributed by atoms with Gasteiger partial charge >= 0.3 is 5.97 Å². The molecule has 0 saturated carbocycles. The molecule has 0 amide bonds. The summed E-state index contributed by atoms with van der Waals surface area (Å²) in [4.78, 5) is 14.5. The van der Waals surface area contributed by atoms with E-state index in [4.69, 9.17) is 0 Å². The molecule has 0 aliphatic carbocycles. The molecule has 0 saturated heterocycles. The van der Waals surface area contributed by atoms with Gasteiger partial charge in [-0.1, -0.05) is 5.16 Å². The van der Waals surface area contributed by atoms with Crippen LogP contribution < -0.4 is 0 Å². The second-order valence-electron chi connectivity index (χ2n) is 1.18. The third kappa shape index (κ3) is 4.80. The Hall–Kier alpha value is -1.06. The van der Waals surface area contributed by atoms with Crippen molar-refractivity contribution in [2.75, 3.05) is 13.2 Å². The van der Waals surface area contributed by atoms with E-state index in [2.05, 4.69) is 21.4 Å². The molecule has 0 heterocycles. The lowest BCUT2D eigenvalue weighted by Crippen LogP contribution is -2.09. The van der Waals surface area contributed by atoms with Gasteiger partial charge in [-0.25, -0.2) is 4.79 Å². The maximum atomic E-state index is 10.3. The predicted molar refractivity (Wildman–Crippen MR) is 31.1 cm³/mol. The molecule has 1 radical (unpaired) electrons. The average molecular weight is 130 g/mol. The fourth-order valence-electron chi connectivity index (χ4n) is 0.293. The van der Waals surface area contributed by atoms with Gasteiger partial charge in [-0.05, 0) is 6.92 Å². The van der Waals surface area contributed by atoms with Gasteiger partial charge in [0.05, 0.1) is 13.3 Å². The zero-order valence-electron chi connectivity index (χ0n) is 5.16. The van der Waals surface area contributed by atoms with Gasteiger partial charge in [0, 0.05) is 0 Å². The first-order valence-corrected chi connectivity index (χ1v) is 2.49. The molecule has 0 N–H and O–H groups in total. The Balaban J connectivity index is 3.16. The molecule has 4 nitrogen and oxygen atoms in total. The second-order valence-corrected chi connectivity index (χ2v) is 1.18. The SMILES string of the molecule is [CH]=NOCC(=O)OCC. The minimum absolute atomic E-state index is 0.218. The summed E-state index contributed by atoms with van der Waals surface area (Å²) in [6, 6.07) is 0. The van der Waals surface area contributed by atoms with Gasteiger partial charge in [0.25, 0.3) is 0 Å². The number of esters is 1. The molecule has 0 atom stereocenters. The zero-order valence-corrected chi connectivity index (χ0v) is 5.16. The van der Waals surface area contributed by atoms with Crippen molar-refractivity contribution in [3.63, 3.8) is 0 Å². The van der Waals surface area contributed by atoms with E-state index in [1.54, 1.807) is 6.92 Å². The number of hydrogen-bond donors (Lipinski definition) is 0. The van der Waals surface area contributed by atoms with Gasteiger partial charge in [0.15, 0.2) is 0 Å². The lowest BCUT2D eigenvalue weighted by Gasteiger charge is -1.97. The number of nitrogens with zero attached hydrogens (tertiary/aromatic N) is 1. The normalized spacial score (nSPS) is 8.11. The number of hydrogen-bond acceptors (Lipinski definition) is 4. The molecule has 0 aliphatic rings. The van der Waals surface area contributed by atoms with Gasteiger partial charge < -0.3 is 9.57 Å². The summed E-state index contributed by atoms with van der Waals surface area (Å²) in [5, 5.41) is 2.76. The van der Waals surface area contributed by atoms with E-state index in [1.807, 2.05) is 0 Å². The molecule has 0 aliphatic heterocycles. The first-order chi connectivity index (χ1) is 4.31. The third-order valence-corrected chi connectivity index (χ3v) is 0.562. The number of rotatable bonds is 4. The molecule has 0 rings (SSSR count). The molecule has 0 unspecified atom stereocenters. The maximum absolute atomic E-state index is 10.3. The van der Waals surface area contributed by atoms with E-state index in [0.717, 1.165) is 0 Å². The molecule has 0 aromatic heterocycles. The van der Waals surface area contributed by atoms with E-state index >= 15 is 0 Å². The lowest BCUT2D eigenvalue weighted by molar-refractivity contribution is -0.148. The molecule has 9 heavy (non-hydrogen) atoms. The molecular formula is C5H8NO3. The monoisotopic (exact) mass is 130 g/mol. The third-order valence-electron chi connectivity index (χ3n) is 0.562. The molecular weight excluding hydrogens is 122 g/mol. The van der Waals surface area contributed by atoms with Crippen molar-refractivity contribution in [1.82, 2.24) is 0 Å². The van der Waals surface area contributed by atoms with Crippen molar-refractivity contribution in [2.45, 2.75) is 6.92 Å². The fraction of sp³-hybridized carbons (Fsp3) is 0.600. The molecule has 0 fully saturated rings. The summed E-state index contributed by atoms with van der Waals surface area (Å²) in [7, 11) is 0. The van der Waals surface area contributed by atoms with Gasteiger partial charge in [-0.2, -0.15) is 0 Å². The van der Waals surface area contributed by atoms with Crippen LogP contribution in [0.15, 0.2) is 5.16 Å². The number of carbonyl (C=O) groups excluding carboxylic acids is 1. The molecule has 0 aromatic rings. The quantitative estimate of drug-likeness (QED) is 0.307. The van der Waals surface area contributed by atoms with Crippen LogP contribution in [-0.4, -0.2) is 25.9 Å². The van der Waals surface area contributed by atoms with Crippen molar-refractivity contribution in [2.24, 2.45) is 5.16 Å². The molecule has 51 valence electrons. The van der Waals surface area contributed by atoms with Crippen LogP contribution in [0.2, 0.25) is 0 Å². The van der Waals surface area contributed by atoms with E-state index in [-0.39, 0.29) is 6.61 Å². The summed E-state index contributed by atoms with van der Waals surface area (Å²) >= 11 is 0. The zero-order chi connectivity index (χ0) is 7.11. The van der Waals surface area contributed by atoms with Gasteiger partial charge in [0.1, 0.15) is 0 Å². The van der Waals surface area contributed by atoms with Crippen LogP contribution in [0.5, 0.6) is 0 Å². The highest BCUT2D eigenvalue weighted by Gasteiger charge is 1.98. The van der Waals surface area contributed by atoms with E-state index in [0.29, 0.717) is 6.61 Å². The fourth-order valence-corrected chi connectivity index (χ4v) is 0.293. The highest BCUT2D eigenvalue weighted by Crippen LogP contribution is 1.79. The summed E-state index contributed by atoms with van der Waals surface area (Å²) in [5.41, 5.74) is 0. The Labute approximate surface area is 53.4 Å². The van der Waals surface area contributed by atoms with E-state index in [9.17, 15) is 4.79 Å². The summed E-state index contributed by atoms with van der Waals surface area (Å²) in [6.07, 6.45) is 0. The molecule has 0 spiro atoms. The van der Waals surface area contributed by atoms with Crippen molar-refractivity contribution < 1.29 is 14.4 Å². The highest BCUT2D eigenvalue weighted by atomic mass is 16.6. The van der Waals surface area contributed by atoms with Gasteiger partial charge in [-0.3, -0.25) is 0 Å². The Morgan fingerprint density at radius 3 is 2.89 bits per heavy atom. The van der Waals surface area contributed by atoms with Crippen LogP contribution in [-0.2, 0) is 14.4 Å². The minimum Gasteiger partial charge on any atom is -0.463 e. The average Bonchev–Trinajstić information content (AvgIpc) is 1.85. The second kappa shape index (κ2) is 5.08. The van der Waals surface area contributed by atoms with Crippen LogP contribution >= 0.6 is 0 Å². The largest absolute Gasteiger partial charge is 0.463 e. The Morgan fingerprint density at radius 2 is 2.44 bits per heavy atom. The first-order valence-electron chi connectivity index (χ1n) is 2.49. The summed E-state index contributed by atoms with van der Waals surface area (Å²) in [6.45, 7) is 6.40. The maximum Gasteiger partial charge on any atom is 0.347 e. The van der Waals surface area contributed by atoms with Crippen LogP contribution in [0.3, 0.4) is 0 Å². The molecule has 4 heteroatoms. The van der Waals surface area contributed by atoms with Crippen LogP contribution in [0.1, 0.15) is 6.92 Å². The van der Waals surface area contributed by atoms with E-state index in [1.165, 1.54) is 0 Å². The lowest BCUT2D eigenvalue weighted by atomic mass is 10.7. The molecule has 0 bridgehead atoms. The standard InChI is InChI=1S/C5H8NO3/c1-3-8-5(7)4-9-6-2/h2H,3-4H2,1H3. The van der Waals surface area contributed by atoms with E-state index < -0.39 is 5.97 Å². The van der Waals surface area contributed by atoms with Crippen molar-refractivity contribution in [3.05, 3.63) is 0 Å². The Bertz CT molecular complexity index is 102. The van der Waals surface area contributed by atoms with Crippen LogP contribution in [0, 0.1) is 0 Å². The van der Waals surface area contributed by atoms with Gasteiger partial charge in [0.2, 0.25) is 6.61 Å². The van der Waals surface area contributed by atoms with Crippen molar-refractivity contribution >= 4 is 12.7 Å². The van der Waals surface area contributed by atoms with Crippen LogP contribution in [0.4, 0.5) is 0 Å². The Kier molecular flexibility index (Phi) is 4.49. The smallest absolute Gasteiger partial charge is 0.347 e. The minimum atomic E-state index is -0.466. The van der Waals surface area contributed by atoms with Crippen LogP contribution in [0.25, 0.3) is 0 Å². The number of carbonyl (C=O) groups is 1. The number of ether oxygens (including phenoxy) is 1. The highest BCUT2D eigenvalue weighted by molar-refractivity contribution is 5.70. The first kappa shape index (κ1) is 7.94. The van der Waals surface area contributed by atoms with Crippen molar-refractivity contribution in [1.29, 1.82) is 0 Å². The van der Waals surface area contributed by atoms with Gasteiger partial charge in [-0.15, -0.1) is 0 Å². The summed E-state index contributed by atoms with van der Waals surface area (Å²) in [5.74, 6) is -0.466. The predicted octanol–water partition coefficient (Wildman–Crippen LogP) is 0.0587. The Morgan fingerprint density at radius 1 is 1.78 bits per heavy atom. The van der Waals surface area contributed by atoms with Crippen molar-refractivity contribution in [3.8, 4) is 0 Å². The topological polar surface area (TPSA) is 47.9 Å².